The Balaban J connectivity index is 2.12. The van der Waals surface area contributed by atoms with Crippen molar-refractivity contribution in [1.29, 1.82) is 0 Å². The third-order valence-electron chi connectivity index (χ3n) is 4.09. The van der Waals surface area contributed by atoms with Crippen molar-refractivity contribution in [2.45, 2.75) is 12.8 Å². The number of aliphatic hydroxyl groups is 1. The van der Waals surface area contributed by atoms with Gasteiger partial charge in [0, 0.05) is 18.7 Å². The molecule has 140 valence electrons. The van der Waals surface area contributed by atoms with Crippen LogP contribution in [0.4, 0.5) is 4.39 Å². The number of hydrogen-bond donors (Lipinski definition) is 1. The molecule has 2 aromatic rings. The van der Waals surface area contributed by atoms with E-state index in [1.807, 2.05) is 30.3 Å². The number of rotatable bonds is 9. The lowest BCUT2D eigenvalue weighted by molar-refractivity contribution is 0.0719. The van der Waals surface area contributed by atoms with Gasteiger partial charge in [-0.1, -0.05) is 30.3 Å². The monoisotopic (exact) mass is 361 g/mol. The first-order valence-electron chi connectivity index (χ1n) is 8.46. The number of ether oxygens (including phenoxy) is 2. The highest BCUT2D eigenvalue weighted by Gasteiger charge is 2.20. The molecule has 0 spiro atoms. The van der Waals surface area contributed by atoms with E-state index in [0.29, 0.717) is 6.54 Å². The first-order chi connectivity index (χ1) is 12.6. The van der Waals surface area contributed by atoms with Crippen LogP contribution in [0.5, 0.6) is 11.5 Å². The zero-order chi connectivity index (χ0) is 18.9. The zero-order valence-corrected chi connectivity index (χ0v) is 15.1. The Labute approximate surface area is 153 Å². The summed E-state index contributed by atoms with van der Waals surface area (Å²) in [5, 5.41) is 9.29. The normalized spacial score (nSPS) is 10.5. The number of aryl methyl sites for hydroxylation is 1. The Morgan fingerprint density at radius 3 is 2.23 bits per heavy atom. The number of carbonyl (C=O) groups is 1. The molecular formula is C20H24FNO4. The fraction of sp³-hybridized carbons (Fsp3) is 0.350. The molecule has 0 aliphatic heterocycles. The van der Waals surface area contributed by atoms with E-state index in [1.165, 1.54) is 31.9 Å². The van der Waals surface area contributed by atoms with E-state index in [2.05, 4.69) is 0 Å². The molecule has 0 saturated carbocycles. The molecule has 0 radical (unpaired) electrons. The smallest absolute Gasteiger partial charge is 0.254 e. The number of methoxy groups -OCH3 is 2. The van der Waals surface area contributed by atoms with E-state index in [1.54, 1.807) is 4.90 Å². The Kier molecular flexibility index (Phi) is 7.41. The fourth-order valence-corrected chi connectivity index (χ4v) is 2.73. The van der Waals surface area contributed by atoms with E-state index in [-0.39, 0.29) is 36.1 Å². The first-order valence-corrected chi connectivity index (χ1v) is 8.46. The van der Waals surface area contributed by atoms with Gasteiger partial charge in [-0.2, -0.15) is 4.39 Å². The number of hydrogen-bond acceptors (Lipinski definition) is 4. The van der Waals surface area contributed by atoms with Crippen molar-refractivity contribution in [1.82, 2.24) is 4.90 Å². The maximum Gasteiger partial charge on any atom is 0.254 e. The van der Waals surface area contributed by atoms with Gasteiger partial charge in [0.05, 0.1) is 20.8 Å². The Bertz CT molecular complexity index is 696. The second-order valence-corrected chi connectivity index (χ2v) is 5.80. The van der Waals surface area contributed by atoms with Crippen molar-refractivity contribution in [3.8, 4) is 11.5 Å². The van der Waals surface area contributed by atoms with Gasteiger partial charge < -0.3 is 19.5 Å². The molecule has 2 aromatic carbocycles. The SMILES string of the molecule is COc1cc(C(=O)N(CCO)CCCc2ccccc2)cc(OC)c1F. The minimum Gasteiger partial charge on any atom is -0.494 e. The third-order valence-corrected chi connectivity index (χ3v) is 4.09. The minimum atomic E-state index is -0.649. The molecule has 0 aromatic heterocycles. The standard InChI is InChI=1S/C20H24FNO4/c1-25-17-13-16(14-18(26-2)19(17)21)20(24)22(11-12-23)10-6-9-15-7-4-3-5-8-15/h3-5,7-8,13-14,23H,6,9-12H2,1-2H3. The summed E-state index contributed by atoms with van der Waals surface area (Å²) in [6.45, 7) is 0.540. The topological polar surface area (TPSA) is 59.0 Å². The van der Waals surface area contributed by atoms with E-state index in [9.17, 15) is 14.3 Å². The van der Waals surface area contributed by atoms with Crippen LogP contribution >= 0.6 is 0 Å². The highest BCUT2D eigenvalue weighted by Crippen LogP contribution is 2.29. The highest BCUT2D eigenvalue weighted by atomic mass is 19.1. The number of carbonyl (C=O) groups excluding carboxylic acids is 1. The summed E-state index contributed by atoms with van der Waals surface area (Å²) in [4.78, 5) is 14.4. The van der Waals surface area contributed by atoms with Crippen LogP contribution in [-0.4, -0.2) is 49.8 Å². The van der Waals surface area contributed by atoms with Crippen molar-refractivity contribution in [3.63, 3.8) is 0 Å². The molecule has 26 heavy (non-hydrogen) atoms. The Hall–Kier alpha value is -2.60. The van der Waals surface area contributed by atoms with Gasteiger partial charge in [-0.05, 0) is 30.5 Å². The minimum absolute atomic E-state index is 0.0547. The summed E-state index contributed by atoms with van der Waals surface area (Å²) in [6.07, 6.45) is 1.58. The van der Waals surface area contributed by atoms with Crippen LogP contribution in [0.25, 0.3) is 0 Å². The summed E-state index contributed by atoms with van der Waals surface area (Å²) in [7, 11) is 2.66. The van der Waals surface area contributed by atoms with Crippen LogP contribution in [-0.2, 0) is 6.42 Å². The number of benzene rings is 2. The lowest BCUT2D eigenvalue weighted by atomic mass is 10.1. The van der Waals surface area contributed by atoms with Crippen LogP contribution in [0.15, 0.2) is 42.5 Å². The number of halogens is 1. The summed E-state index contributed by atoms with van der Waals surface area (Å²) >= 11 is 0. The molecule has 0 atom stereocenters. The molecule has 6 heteroatoms. The molecule has 5 nitrogen and oxygen atoms in total. The summed E-state index contributed by atoms with van der Waals surface area (Å²) < 4.78 is 24.0. The number of nitrogens with zero attached hydrogens (tertiary/aromatic N) is 1. The van der Waals surface area contributed by atoms with E-state index < -0.39 is 5.82 Å². The third kappa shape index (κ3) is 4.95. The average Bonchev–Trinajstić information content (AvgIpc) is 2.67. The predicted molar refractivity (Wildman–Crippen MR) is 97.3 cm³/mol. The van der Waals surface area contributed by atoms with Crippen molar-refractivity contribution in [3.05, 3.63) is 59.4 Å². The van der Waals surface area contributed by atoms with Crippen molar-refractivity contribution < 1.29 is 23.8 Å². The Morgan fingerprint density at radius 2 is 1.69 bits per heavy atom. The molecule has 0 bridgehead atoms. The second kappa shape index (κ2) is 9.77. The summed E-state index contributed by atoms with van der Waals surface area (Å²) in [5.74, 6) is -1.06. The maximum atomic E-state index is 14.0. The van der Waals surface area contributed by atoms with Gasteiger partial charge in [-0.15, -0.1) is 0 Å². The Morgan fingerprint density at radius 1 is 1.08 bits per heavy atom. The molecule has 1 N–H and O–H groups in total. The van der Waals surface area contributed by atoms with Gasteiger partial charge >= 0.3 is 0 Å². The van der Waals surface area contributed by atoms with Gasteiger partial charge in [0.25, 0.3) is 5.91 Å². The number of aliphatic hydroxyl groups excluding tert-OH is 1. The van der Waals surface area contributed by atoms with Gasteiger partial charge in [0.15, 0.2) is 11.5 Å². The predicted octanol–water partition coefficient (Wildman–Crippen LogP) is 2.91. The molecular weight excluding hydrogens is 337 g/mol. The molecule has 1 amide bonds. The lowest BCUT2D eigenvalue weighted by Gasteiger charge is -2.22. The van der Waals surface area contributed by atoms with Crippen LogP contribution < -0.4 is 9.47 Å². The summed E-state index contributed by atoms with van der Waals surface area (Å²) in [6, 6.07) is 12.7. The fourth-order valence-electron chi connectivity index (χ4n) is 2.73. The molecule has 0 aliphatic rings. The van der Waals surface area contributed by atoms with E-state index in [4.69, 9.17) is 9.47 Å². The molecule has 0 heterocycles. The van der Waals surface area contributed by atoms with Crippen molar-refractivity contribution in [2.24, 2.45) is 0 Å². The lowest BCUT2D eigenvalue weighted by Crippen LogP contribution is -2.34. The molecule has 2 rings (SSSR count). The van der Waals surface area contributed by atoms with Crippen LogP contribution in [0.3, 0.4) is 0 Å². The quantitative estimate of drug-likeness (QED) is 0.746. The van der Waals surface area contributed by atoms with Gasteiger partial charge in [-0.25, -0.2) is 0 Å². The average molecular weight is 361 g/mol. The van der Waals surface area contributed by atoms with Crippen LogP contribution in [0, 0.1) is 5.82 Å². The highest BCUT2D eigenvalue weighted by molar-refractivity contribution is 5.95. The summed E-state index contributed by atoms with van der Waals surface area (Å²) in [5.41, 5.74) is 1.45. The van der Waals surface area contributed by atoms with E-state index in [0.717, 1.165) is 12.8 Å². The van der Waals surface area contributed by atoms with Crippen molar-refractivity contribution >= 4 is 5.91 Å². The van der Waals surface area contributed by atoms with Gasteiger partial charge in [-0.3, -0.25) is 4.79 Å². The molecule has 0 saturated heterocycles. The molecule has 0 aliphatic carbocycles. The largest absolute Gasteiger partial charge is 0.494 e. The first kappa shape index (κ1) is 19.7. The van der Waals surface area contributed by atoms with Crippen molar-refractivity contribution in [2.75, 3.05) is 33.9 Å². The maximum absolute atomic E-state index is 14.0. The van der Waals surface area contributed by atoms with E-state index >= 15 is 0 Å². The van der Waals surface area contributed by atoms with Crippen LogP contribution in [0.2, 0.25) is 0 Å². The number of amides is 1. The molecule has 0 fully saturated rings. The molecule has 0 unspecified atom stereocenters. The van der Waals surface area contributed by atoms with Gasteiger partial charge in [0.2, 0.25) is 5.82 Å². The van der Waals surface area contributed by atoms with Gasteiger partial charge in [0.1, 0.15) is 0 Å². The van der Waals surface area contributed by atoms with Crippen LogP contribution in [0.1, 0.15) is 22.3 Å². The zero-order valence-electron chi connectivity index (χ0n) is 15.1. The second-order valence-electron chi connectivity index (χ2n) is 5.80.